The summed E-state index contributed by atoms with van der Waals surface area (Å²) in [4.78, 5) is 0. The summed E-state index contributed by atoms with van der Waals surface area (Å²) in [7, 11) is 0. The van der Waals surface area contributed by atoms with Crippen LogP contribution in [0.3, 0.4) is 0 Å². The third-order valence-electron chi connectivity index (χ3n) is 10.7. The normalized spacial score (nSPS) is 21.4. The van der Waals surface area contributed by atoms with Crippen molar-refractivity contribution in [1.29, 1.82) is 0 Å². The molecule has 2 nitrogen and oxygen atoms in total. The van der Waals surface area contributed by atoms with Gasteiger partial charge < -0.3 is 10.2 Å². The molecule has 4 aliphatic rings. The summed E-state index contributed by atoms with van der Waals surface area (Å²) in [5.41, 5.74) is 17.0. The van der Waals surface area contributed by atoms with E-state index in [-0.39, 0.29) is 0 Å². The molecule has 2 atom stereocenters. The number of allylic oxidation sites excluding steroid dienone is 8. The second-order valence-corrected chi connectivity index (χ2v) is 46.1. The number of phenolic OH excluding ortho intramolecular Hbond substituents is 2. The Labute approximate surface area is 270 Å². The largest absolute Gasteiger partial charge is 0.507 e. The number of phenols is 2. The van der Waals surface area contributed by atoms with Gasteiger partial charge in [-0.1, -0.05) is 35.4 Å². The van der Waals surface area contributed by atoms with Gasteiger partial charge in [-0.3, -0.25) is 0 Å². The van der Waals surface area contributed by atoms with Crippen LogP contribution in [-0.2, 0) is 17.4 Å². The van der Waals surface area contributed by atoms with Gasteiger partial charge >= 0.3 is 152 Å². The number of benzene rings is 2. The molecule has 238 valence electrons. The summed E-state index contributed by atoms with van der Waals surface area (Å²) in [5.74, 6) is 0.844. The van der Waals surface area contributed by atoms with E-state index in [0.29, 0.717) is 11.5 Å². The fourth-order valence-corrected chi connectivity index (χ4v) is 31.9. The Hall–Kier alpha value is -1.90. The molecule has 0 radical (unpaired) electrons. The van der Waals surface area contributed by atoms with Crippen molar-refractivity contribution in [1.82, 2.24) is 0 Å². The number of hydrogen-bond donors (Lipinski definition) is 2. The predicted octanol–water partition coefficient (Wildman–Crippen LogP) is 11.2. The van der Waals surface area contributed by atoms with Gasteiger partial charge in [-0.2, -0.15) is 0 Å². The van der Waals surface area contributed by atoms with Crippen LogP contribution in [-0.4, -0.2) is 17.1 Å². The Kier molecular flexibility index (Phi) is 10.7. The Morgan fingerprint density at radius 2 is 0.841 bits per heavy atom. The minimum atomic E-state index is -2.98. The van der Waals surface area contributed by atoms with Gasteiger partial charge in [0, 0.05) is 0 Å². The first-order valence-corrected chi connectivity index (χ1v) is 30.6. The summed E-state index contributed by atoms with van der Waals surface area (Å²) < 4.78 is 7.31. The molecule has 44 heavy (non-hydrogen) atoms. The molecule has 4 aliphatic carbocycles. The van der Waals surface area contributed by atoms with E-state index in [1.807, 2.05) is 77.0 Å². The first kappa shape index (κ1) is 35.0. The van der Waals surface area contributed by atoms with Gasteiger partial charge in [0.25, 0.3) is 0 Å². The fraction of sp³-hybridized carbons (Fsp3) is 0.500. The van der Waals surface area contributed by atoms with E-state index in [0.717, 1.165) is 29.5 Å². The average molecular weight is 690 g/mol. The summed E-state index contributed by atoms with van der Waals surface area (Å²) >= 11 is -2.98. The molecule has 4 heteroatoms. The molecule has 0 amide bonds. The van der Waals surface area contributed by atoms with Gasteiger partial charge in [0.2, 0.25) is 0 Å². The summed E-state index contributed by atoms with van der Waals surface area (Å²) in [5, 5.41) is 18.7. The van der Waals surface area contributed by atoms with E-state index in [2.05, 4.69) is 42.1 Å². The van der Waals surface area contributed by atoms with E-state index in [4.69, 9.17) is 0 Å². The Morgan fingerprint density at radius 1 is 0.545 bits per heavy atom. The second kappa shape index (κ2) is 13.4. The quantitative estimate of drug-likeness (QED) is 0.308. The molecule has 6 rings (SSSR count). The standard InChI is InChI=1S/2C10H13.2C9H12O.2CH3.H2Si.Zr/c2*1-8-6-9-4-2-3-5-10(9)7-8;2*1-6-4-7(2)9(10)8(3)5-6;;;;/h2*6-7H,2-5H2,1H3;2*4-5,10H,1-3H3;2*1H3;1H2;. The van der Waals surface area contributed by atoms with Crippen LogP contribution < -0.4 is 0 Å². The van der Waals surface area contributed by atoms with Crippen LogP contribution in [0.4, 0.5) is 0 Å². The van der Waals surface area contributed by atoms with Crippen molar-refractivity contribution in [3.63, 3.8) is 0 Å². The van der Waals surface area contributed by atoms with Crippen LogP contribution in [0.2, 0.25) is 16.5 Å². The Morgan fingerprint density at radius 3 is 1.16 bits per heavy atom. The zero-order chi connectivity index (χ0) is 32.6. The van der Waals surface area contributed by atoms with Crippen molar-refractivity contribution >= 4 is 6.88 Å². The molecule has 0 aliphatic heterocycles. The Bertz CT molecular complexity index is 1480. The van der Waals surface area contributed by atoms with E-state index < -0.39 is 17.4 Å². The maximum absolute atomic E-state index is 9.33. The third-order valence-corrected chi connectivity index (χ3v) is 28.8. The van der Waals surface area contributed by atoms with Gasteiger partial charge in [0.15, 0.2) is 0 Å². The second-order valence-electron chi connectivity index (χ2n) is 15.6. The molecule has 2 unspecified atom stereocenters. The molecule has 2 N–H and O–H groups in total. The summed E-state index contributed by atoms with van der Waals surface area (Å²) in [6.45, 7) is 19.1. The van der Waals surface area contributed by atoms with E-state index in [1.165, 1.54) is 62.5 Å². The van der Waals surface area contributed by atoms with Crippen LogP contribution in [0.1, 0.15) is 98.6 Å². The fourth-order valence-electron chi connectivity index (χ4n) is 9.31. The van der Waals surface area contributed by atoms with Crippen molar-refractivity contribution in [2.45, 2.75) is 123 Å². The zero-order valence-corrected chi connectivity index (χ0v) is 33.2. The van der Waals surface area contributed by atoms with Crippen LogP contribution in [0.5, 0.6) is 11.5 Å². The molecule has 0 saturated heterocycles. The van der Waals surface area contributed by atoms with Crippen molar-refractivity contribution in [2.75, 3.05) is 0 Å². The maximum Gasteiger partial charge on any atom is 0.121 e. The molecule has 0 spiro atoms. The SMILES string of the molecule is CC1=CC2=C(CCCC2)[CH]1[Zr]([CH3])([CH3])(=[SiH2])[CH]1C(C)=CC2=C1CCCC2.Cc1cc(C)c(O)c(C)c1.Cc1cc(C)c(O)c(C)c1. The Balaban J connectivity index is 0.000000182. The van der Waals surface area contributed by atoms with Crippen LogP contribution in [0.15, 0.2) is 69.9 Å². The van der Waals surface area contributed by atoms with Gasteiger partial charge in [0.05, 0.1) is 0 Å². The summed E-state index contributed by atoms with van der Waals surface area (Å²) in [6.07, 6.45) is 16.4. The number of aromatic hydroxyl groups is 2. The van der Waals surface area contributed by atoms with Crippen LogP contribution in [0, 0.1) is 41.5 Å². The van der Waals surface area contributed by atoms with Crippen LogP contribution in [0.25, 0.3) is 0 Å². The minimum absolute atomic E-state index is 0.422. The third kappa shape index (κ3) is 7.23. The minimum Gasteiger partial charge on any atom is -0.507 e. The summed E-state index contributed by atoms with van der Waals surface area (Å²) in [6, 6.07) is 7.90. The number of hydrogen-bond acceptors (Lipinski definition) is 2. The topological polar surface area (TPSA) is 40.5 Å². The molecular formula is C40H58O2SiZr. The van der Waals surface area contributed by atoms with Gasteiger partial charge in [0.1, 0.15) is 11.5 Å². The molecular weight excluding hydrogens is 632 g/mol. The maximum atomic E-state index is 9.33. The number of aryl methyl sites for hydroxylation is 6. The van der Waals surface area contributed by atoms with E-state index in [1.54, 1.807) is 22.3 Å². The van der Waals surface area contributed by atoms with Crippen molar-refractivity contribution in [3.05, 3.63) is 103 Å². The first-order chi connectivity index (χ1) is 20.5. The molecule has 2 aromatic rings. The van der Waals surface area contributed by atoms with E-state index >= 15 is 0 Å². The molecule has 0 fully saturated rings. The predicted molar refractivity (Wildman–Crippen MR) is 191 cm³/mol. The monoisotopic (exact) mass is 688 g/mol. The smallest absolute Gasteiger partial charge is 0.121 e. The first-order valence-electron chi connectivity index (χ1n) is 16.9. The van der Waals surface area contributed by atoms with E-state index in [9.17, 15) is 10.2 Å². The average Bonchev–Trinajstić information content (AvgIpc) is 3.47. The molecule has 0 heterocycles. The van der Waals surface area contributed by atoms with Gasteiger partial charge in [-0.05, 0) is 63.8 Å². The van der Waals surface area contributed by atoms with Gasteiger partial charge in [-0.15, -0.1) is 0 Å². The zero-order valence-electron chi connectivity index (χ0n) is 29.4. The van der Waals surface area contributed by atoms with Crippen molar-refractivity contribution in [3.8, 4) is 11.5 Å². The molecule has 2 aromatic carbocycles. The number of rotatable bonds is 2. The van der Waals surface area contributed by atoms with Crippen LogP contribution >= 0.6 is 0 Å². The van der Waals surface area contributed by atoms with Gasteiger partial charge in [-0.25, -0.2) is 0 Å². The van der Waals surface area contributed by atoms with Crippen molar-refractivity contribution < 1.29 is 27.6 Å². The molecule has 0 bridgehead atoms. The molecule has 0 aromatic heterocycles. The molecule has 0 saturated carbocycles. The van der Waals surface area contributed by atoms with Crippen molar-refractivity contribution in [2.24, 2.45) is 0 Å².